The second-order valence-corrected chi connectivity index (χ2v) is 1.56. The van der Waals surface area contributed by atoms with E-state index < -0.39 is 0 Å². The van der Waals surface area contributed by atoms with E-state index in [1.54, 1.807) is 6.92 Å². The van der Waals surface area contributed by atoms with Crippen LogP contribution >= 0.6 is 0 Å². The summed E-state index contributed by atoms with van der Waals surface area (Å²) < 4.78 is 0. The van der Waals surface area contributed by atoms with Crippen molar-refractivity contribution in [2.45, 2.75) is 13.5 Å². The lowest BCUT2D eigenvalue weighted by Crippen LogP contribution is -2.02. The zero-order valence-electron chi connectivity index (χ0n) is 4.98. The van der Waals surface area contributed by atoms with E-state index in [1.165, 1.54) is 4.80 Å². The molecular formula is C4H6N4O. The van der Waals surface area contributed by atoms with E-state index in [2.05, 4.69) is 15.4 Å². The maximum Gasteiger partial charge on any atom is 0.171 e. The second kappa shape index (κ2) is 2.34. The van der Waals surface area contributed by atoms with Gasteiger partial charge < -0.3 is 4.79 Å². The molecule has 0 spiro atoms. The van der Waals surface area contributed by atoms with Crippen molar-refractivity contribution in [2.24, 2.45) is 0 Å². The first-order chi connectivity index (χ1) is 4.33. The molecule has 0 aliphatic carbocycles. The highest BCUT2D eigenvalue weighted by atomic mass is 16.1. The van der Waals surface area contributed by atoms with Crippen LogP contribution in [0.4, 0.5) is 0 Å². The molecule has 0 aliphatic rings. The summed E-state index contributed by atoms with van der Waals surface area (Å²) in [6.07, 6.45) is 0.723. The highest BCUT2D eigenvalue weighted by Gasteiger charge is 1.92. The number of aryl methyl sites for hydroxylation is 1. The van der Waals surface area contributed by atoms with Gasteiger partial charge in [-0.25, -0.2) is 0 Å². The molecule has 0 fully saturated rings. The molecule has 1 rings (SSSR count). The van der Waals surface area contributed by atoms with Gasteiger partial charge >= 0.3 is 0 Å². The summed E-state index contributed by atoms with van der Waals surface area (Å²) in [6.45, 7) is 1.90. The van der Waals surface area contributed by atoms with Crippen LogP contribution < -0.4 is 0 Å². The van der Waals surface area contributed by atoms with Crippen molar-refractivity contribution in [1.29, 1.82) is 0 Å². The van der Waals surface area contributed by atoms with Crippen LogP contribution in [0.15, 0.2) is 0 Å². The molecule has 0 aliphatic heterocycles. The number of rotatable bonds is 2. The maximum atomic E-state index is 9.85. The smallest absolute Gasteiger partial charge is 0.171 e. The van der Waals surface area contributed by atoms with Crippen molar-refractivity contribution in [3.63, 3.8) is 0 Å². The summed E-state index contributed by atoms with van der Waals surface area (Å²) >= 11 is 0. The third-order valence-corrected chi connectivity index (χ3v) is 0.791. The highest BCUT2D eigenvalue weighted by Crippen LogP contribution is 1.78. The van der Waals surface area contributed by atoms with Crippen LogP contribution in [0.25, 0.3) is 0 Å². The van der Waals surface area contributed by atoms with E-state index in [0.717, 1.165) is 6.29 Å². The van der Waals surface area contributed by atoms with Crippen molar-refractivity contribution in [1.82, 2.24) is 20.2 Å². The summed E-state index contributed by atoms with van der Waals surface area (Å²) in [4.78, 5) is 11.1. The molecule has 9 heavy (non-hydrogen) atoms. The van der Waals surface area contributed by atoms with Gasteiger partial charge in [0.15, 0.2) is 5.82 Å². The first kappa shape index (κ1) is 5.87. The summed E-state index contributed by atoms with van der Waals surface area (Å²) in [5, 5.41) is 10.9. The number of aromatic nitrogens is 4. The van der Waals surface area contributed by atoms with E-state index in [-0.39, 0.29) is 6.54 Å². The van der Waals surface area contributed by atoms with Crippen molar-refractivity contribution in [3.05, 3.63) is 5.82 Å². The Morgan fingerprint density at radius 1 is 1.78 bits per heavy atom. The Morgan fingerprint density at radius 3 is 3.00 bits per heavy atom. The molecule has 0 aromatic carbocycles. The molecule has 0 unspecified atom stereocenters. The molecule has 1 aromatic heterocycles. The lowest BCUT2D eigenvalue weighted by molar-refractivity contribution is -0.108. The van der Waals surface area contributed by atoms with Crippen LogP contribution in [0.3, 0.4) is 0 Å². The number of hydrogen-bond acceptors (Lipinski definition) is 4. The minimum absolute atomic E-state index is 0.181. The Balaban J connectivity index is 2.72. The fraction of sp³-hybridized carbons (Fsp3) is 0.500. The number of carbonyl (C=O) groups is 1. The van der Waals surface area contributed by atoms with E-state index in [4.69, 9.17) is 0 Å². The van der Waals surface area contributed by atoms with Crippen LogP contribution in [0, 0.1) is 6.92 Å². The van der Waals surface area contributed by atoms with Gasteiger partial charge in [-0.2, -0.15) is 4.80 Å². The molecule has 0 atom stereocenters. The van der Waals surface area contributed by atoms with E-state index in [1.807, 2.05) is 0 Å². The van der Waals surface area contributed by atoms with E-state index in [9.17, 15) is 4.79 Å². The predicted octanol–water partition coefficient (Wildman–Crippen LogP) is -0.820. The molecule has 0 radical (unpaired) electrons. The summed E-state index contributed by atoms with van der Waals surface area (Å²) in [6, 6.07) is 0. The average molecular weight is 126 g/mol. The van der Waals surface area contributed by atoms with Gasteiger partial charge in [0.1, 0.15) is 12.8 Å². The van der Waals surface area contributed by atoms with Gasteiger partial charge in [0.05, 0.1) is 0 Å². The first-order valence-electron chi connectivity index (χ1n) is 2.51. The fourth-order valence-corrected chi connectivity index (χ4v) is 0.467. The zero-order chi connectivity index (χ0) is 6.69. The summed E-state index contributed by atoms with van der Waals surface area (Å²) in [7, 11) is 0. The Morgan fingerprint density at radius 2 is 2.56 bits per heavy atom. The van der Waals surface area contributed by atoms with Crippen molar-refractivity contribution >= 4 is 6.29 Å². The Kier molecular flexibility index (Phi) is 1.53. The molecular weight excluding hydrogens is 120 g/mol. The maximum absolute atomic E-state index is 9.85. The molecule has 0 bridgehead atoms. The van der Waals surface area contributed by atoms with Crippen LogP contribution in [0.2, 0.25) is 0 Å². The monoisotopic (exact) mass is 126 g/mol. The Bertz CT molecular complexity index is 206. The van der Waals surface area contributed by atoms with Crippen LogP contribution in [-0.2, 0) is 11.3 Å². The van der Waals surface area contributed by atoms with Gasteiger partial charge in [-0.1, -0.05) is 0 Å². The van der Waals surface area contributed by atoms with Gasteiger partial charge in [0.2, 0.25) is 0 Å². The molecule has 0 amide bonds. The summed E-state index contributed by atoms with van der Waals surface area (Å²) in [5.74, 6) is 0.580. The minimum Gasteiger partial charge on any atom is -0.301 e. The van der Waals surface area contributed by atoms with Crippen LogP contribution in [-0.4, -0.2) is 26.5 Å². The largest absolute Gasteiger partial charge is 0.301 e. The third-order valence-electron chi connectivity index (χ3n) is 0.791. The third kappa shape index (κ3) is 1.31. The number of hydrogen-bond donors (Lipinski definition) is 0. The van der Waals surface area contributed by atoms with Gasteiger partial charge in [-0.05, 0) is 12.1 Å². The molecule has 1 heterocycles. The standard InChI is InChI=1S/C4H6N4O/c1-4-5-7-8(6-4)2-3-9/h3H,2H2,1H3. The van der Waals surface area contributed by atoms with Gasteiger partial charge in [0, 0.05) is 0 Å². The molecule has 0 N–H and O–H groups in total. The quantitative estimate of drug-likeness (QED) is 0.486. The lowest BCUT2D eigenvalue weighted by atomic mass is 10.7. The Hall–Kier alpha value is -1.26. The molecule has 5 nitrogen and oxygen atoms in total. The average Bonchev–Trinajstić information content (AvgIpc) is 2.17. The van der Waals surface area contributed by atoms with E-state index in [0.29, 0.717) is 5.82 Å². The Labute approximate surface area is 51.7 Å². The number of tetrazole rings is 1. The zero-order valence-corrected chi connectivity index (χ0v) is 4.98. The number of carbonyl (C=O) groups excluding carboxylic acids is 1. The molecule has 5 heteroatoms. The molecule has 0 saturated carbocycles. The molecule has 1 aromatic rings. The van der Waals surface area contributed by atoms with Crippen molar-refractivity contribution in [3.8, 4) is 0 Å². The van der Waals surface area contributed by atoms with Gasteiger partial charge in [0.25, 0.3) is 0 Å². The minimum atomic E-state index is 0.181. The first-order valence-corrected chi connectivity index (χ1v) is 2.51. The summed E-state index contributed by atoms with van der Waals surface area (Å²) in [5.41, 5.74) is 0. The number of aldehydes is 1. The fourth-order valence-electron chi connectivity index (χ4n) is 0.467. The lowest BCUT2D eigenvalue weighted by Gasteiger charge is -1.83. The van der Waals surface area contributed by atoms with Crippen molar-refractivity contribution in [2.75, 3.05) is 0 Å². The highest BCUT2D eigenvalue weighted by molar-refractivity contribution is 5.48. The van der Waals surface area contributed by atoms with Crippen molar-refractivity contribution < 1.29 is 4.79 Å². The van der Waals surface area contributed by atoms with E-state index >= 15 is 0 Å². The van der Waals surface area contributed by atoms with Gasteiger partial charge in [-0.15, -0.1) is 10.2 Å². The second-order valence-electron chi connectivity index (χ2n) is 1.56. The number of nitrogens with zero attached hydrogens (tertiary/aromatic N) is 4. The topological polar surface area (TPSA) is 60.7 Å². The van der Waals surface area contributed by atoms with Crippen LogP contribution in [0.1, 0.15) is 5.82 Å². The normalized spacial score (nSPS) is 9.44. The molecule has 48 valence electrons. The van der Waals surface area contributed by atoms with Crippen LogP contribution in [0.5, 0.6) is 0 Å². The van der Waals surface area contributed by atoms with Gasteiger partial charge in [-0.3, -0.25) is 0 Å². The molecule has 0 saturated heterocycles. The SMILES string of the molecule is Cc1nnn(CC=O)n1. The predicted molar refractivity (Wildman–Crippen MR) is 28.6 cm³/mol.